The van der Waals surface area contributed by atoms with Crippen LogP contribution in [0.15, 0.2) is 5.16 Å². The fourth-order valence-electron chi connectivity index (χ4n) is 2.40. The molecule has 0 aromatic carbocycles. The van der Waals surface area contributed by atoms with E-state index >= 15 is 0 Å². The number of oxime groups is 1. The van der Waals surface area contributed by atoms with Gasteiger partial charge in [0.15, 0.2) is 0 Å². The summed E-state index contributed by atoms with van der Waals surface area (Å²) in [5.74, 6) is -4.26. The van der Waals surface area contributed by atoms with Gasteiger partial charge < -0.3 is 23.8 Å². The molecule has 1 amide bonds. The molecule has 0 spiro atoms. The molecule has 1 saturated heterocycles. The van der Waals surface area contributed by atoms with E-state index in [1.54, 1.807) is 20.8 Å². The molecule has 0 aromatic rings. The summed E-state index contributed by atoms with van der Waals surface area (Å²) in [6, 6.07) is 0. The van der Waals surface area contributed by atoms with E-state index in [9.17, 15) is 19.2 Å². The second-order valence-electron chi connectivity index (χ2n) is 9.08. The number of hydrogen-bond acceptors (Lipinski definition) is 11. The normalized spacial score (nSPS) is 18.3. The second kappa shape index (κ2) is 8.60. The number of esters is 2. The van der Waals surface area contributed by atoms with Crippen LogP contribution in [0.3, 0.4) is 0 Å². The average molecular weight is 446 g/mol. The Balaban J connectivity index is 3.67. The lowest BCUT2D eigenvalue weighted by molar-refractivity contribution is -0.262. The summed E-state index contributed by atoms with van der Waals surface area (Å²) in [6.45, 7) is 13.0. The SMILES string of the molecule is CO/N=C(\C)C1(N(OC(=O)OC(C)(C)C)C(=O)OC(C)(C)C)C(=O)OC(C)(C)OC1=O. The van der Waals surface area contributed by atoms with Crippen LogP contribution in [-0.2, 0) is 38.2 Å². The Hall–Kier alpha value is -3.05. The van der Waals surface area contributed by atoms with E-state index < -0.39 is 52.4 Å². The summed E-state index contributed by atoms with van der Waals surface area (Å²) in [5, 5.41) is 3.67. The van der Waals surface area contributed by atoms with E-state index in [1.165, 1.54) is 41.5 Å². The van der Waals surface area contributed by atoms with Crippen LogP contribution in [0.2, 0.25) is 0 Å². The van der Waals surface area contributed by atoms with Crippen LogP contribution in [0.4, 0.5) is 9.59 Å². The van der Waals surface area contributed by atoms with Crippen molar-refractivity contribution in [2.45, 2.75) is 84.8 Å². The number of hydrogen-bond donors (Lipinski definition) is 0. The van der Waals surface area contributed by atoms with Gasteiger partial charge in [-0.15, -0.1) is 0 Å². The number of nitrogens with zero attached hydrogens (tertiary/aromatic N) is 2. The minimum atomic E-state index is -2.79. The number of carbonyl (C=O) groups excluding carboxylic acids is 4. The predicted molar refractivity (Wildman–Crippen MR) is 105 cm³/mol. The smallest absolute Gasteiger partial charge is 0.442 e. The van der Waals surface area contributed by atoms with Crippen molar-refractivity contribution >= 4 is 29.9 Å². The van der Waals surface area contributed by atoms with Gasteiger partial charge >= 0.3 is 29.7 Å². The van der Waals surface area contributed by atoms with Gasteiger partial charge in [0.1, 0.15) is 24.0 Å². The van der Waals surface area contributed by atoms with E-state index in [4.69, 9.17) is 23.8 Å². The van der Waals surface area contributed by atoms with Gasteiger partial charge in [-0.25, -0.2) is 19.2 Å². The largest absolute Gasteiger partial charge is 0.534 e. The van der Waals surface area contributed by atoms with E-state index in [-0.39, 0.29) is 5.06 Å². The number of carbonyl (C=O) groups is 4. The minimum absolute atomic E-state index is 0.0874. The predicted octanol–water partition coefficient (Wildman–Crippen LogP) is 2.69. The van der Waals surface area contributed by atoms with Gasteiger partial charge in [0.2, 0.25) is 0 Å². The zero-order valence-electron chi connectivity index (χ0n) is 19.5. The Morgan fingerprint density at radius 2 is 1.39 bits per heavy atom. The quantitative estimate of drug-likeness (QED) is 0.209. The number of ether oxygens (including phenoxy) is 4. The van der Waals surface area contributed by atoms with Crippen LogP contribution in [0.25, 0.3) is 0 Å². The number of hydroxylamine groups is 2. The first kappa shape index (κ1) is 26.0. The monoisotopic (exact) mass is 446 g/mol. The zero-order chi connectivity index (χ0) is 24.4. The van der Waals surface area contributed by atoms with Crippen LogP contribution in [0.5, 0.6) is 0 Å². The maximum Gasteiger partial charge on any atom is 0.534 e. The Morgan fingerprint density at radius 3 is 1.77 bits per heavy atom. The van der Waals surface area contributed by atoms with Crippen molar-refractivity contribution < 1.29 is 47.8 Å². The van der Waals surface area contributed by atoms with Gasteiger partial charge in [-0.2, -0.15) is 0 Å². The molecule has 1 aliphatic heterocycles. The van der Waals surface area contributed by atoms with Gasteiger partial charge in [0.05, 0.1) is 0 Å². The third-order valence-electron chi connectivity index (χ3n) is 3.44. The minimum Gasteiger partial charge on any atom is -0.442 e. The molecule has 0 unspecified atom stereocenters. The van der Waals surface area contributed by atoms with E-state index in [2.05, 4.69) is 9.99 Å². The van der Waals surface area contributed by atoms with Gasteiger partial charge in [-0.05, 0) is 48.5 Å². The molecule has 0 bridgehead atoms. The van der Waals surface area contributed by atoms with Crippen LogP contribution in [0.1, 0.15) is 62.3 Å². The van der Waals surface area contributed by atoms with Crippen molar-refractivity contribution in [3.8, 4) is 0 Å². The molecule has 0 saturated carbocycles. The molecule has 1 fully saturated rings. The molecule has 0 aromatic heterocycles. The first-order valence-corrected chi connectivity index (χ1v) is 9.35. The van der Waals surface area contributed by atoms with Gasteiger partial charge in [-0.1, -0.05) is 10.2 Å². The molecule has 1 heterocycles. The van der Waals surface area contributed by atoms with E-state index in [1.807, 2.05) is 0 Å². The standard InChI is InChI=1S/C19H30N2O10/c1-11(20-26-10)19(12(22)27-18(8,9)28-13(19)23)21(14(24)29-16(2,3)4)31-15(25)30-17(5,6)7/h1-10H3/b20-11+. The van der Waals surface area contributed by atoms with E-state index in [0.29, 0.717) is 0 Å². The summed E-state index contributed by atoms with van der Waals surface area (Å²) in [7, 11) is 1.15. The highest BCUT2D eigenvalue weighted by Gasteiger charge is 2.67. The zero-order valence-corrected chi connectivity index (χ0v) is 19.5. The molecule has 12 nitrogen and oxygen atoms in total. The molecule has 31 heavy (non-hydrogen) atoms. The first-order valence-electron chi connectivity index (χ1n) is 9.35. The summed E-state index contributed by atoms with van der Waals surface area (Å²) in [6.07, 6.45) is -2.77. The lowest BCUT2D eigenvalue weighted by Crippen LogP contribution is -2.72. The number of amides is 1. The van der Waals surface area contributed by atoms with Crippen LogP contribution < -0.4 is 0 Å². The third-order valence-corrected chi connectivity index (χ3v) is 3.44. The Morgan fingerprint density at radius 1 is 0.935 bits per heavy atom. The highest BCUT2D eigenvalue weighted by Crippen LogP contribution is 2.34. The molecule has 0 aliphatic carbocycles. The summed E-state index contributed by atoms with van der Waals surface area (Å²) in [4.78, 5) is 61.2. The van der Waals surface area contributed by atoms with E-state index in [0.717, 1.165) is 7.11 Å². The molecule has 0 radical (unpaired) electrons. The Labute approximate surface area is 180 Å². The van der Waals surface area contributed by atoms with Crippen LogP contribution in [0, 0.1) is 0 Å². The van der Waals surface area contributed by atoms with Crippen molar-refractivity contribution in [3.05, 3.63) is 0 Å². The third kappa shape index (κ3) is 6.22. The van der Waals surface area contributed by atoms with Crippen molar-refractivity contribution in [2.75, 3.05) is 7.11 Å². The van der Waals surface area contributed by atoms with Crippen LogP contribution >= 0.6 is 0 Å². The highest BCUT2D eigenvalue weighted by atomic mass is 16.9. The fraction of sp³-hybridized carbons (Fsp3) is 0.737. The first-order chi connectivity index (χ1) is 13.9. The molecule has 1 rings (SSSR count). The van der Waals surface area contributed by atoms with Gasteiger partial charge in [0.25, 0.3) is 5.79 Å². The molecule has 1 aliphatic rings. The van der Waals surface area contributed by atoms with Crippen molar-refractivity contribution in [2.24, 2.45) is 5.16 Å². The van der Waals surface area contributed by atoms with Crippen LogP contribution in [-0.4, -0.2) is 64.6 Å². The lowest BCUT2D eigenvalue weighted by atomic mass is 9.92. The second-order valence-corrected chi connectivity index (χ2v) is 9.08. The number of cyclic esters (lactones) is 2. The molecule has 0 atom stereocenters. The molecule has 0 N–H and O–H groups in total. The molecule has 176 valence electrons. The highest BCUT2D eigenvalue weighted by molar-refractivity contribution is 6.28. The van der Waals surface area contributed by atoms with Crippen molar-refractivity contribution in [1.82, 2.24) is 5.06 Å². The molecular formula is C19H30N2O10. The summed E-state index contributed by atoms with van der Waals surface area (Å²) >= 11 is 0. The maximum atomic E-state index is 13.1. The topological polar surface area (TPSA) is 139 Å². The average Bonchev–Trinajstić information content (AvgIpc) is 2.49. The summed E-state index contributed by atoms with van der Waals surface area (Å²) in [5.41, 5.74) is -5.32. The maximum absolute atomic E-state index is 13.1. The molecular weight excluding hydrogens is 416 g/mol. The lowest BCUT2D eigenvalue weighted by Gasteiger charge is -2.43. The molecule has 12 heteroatoms. The van der Waals surface area contributed by atoms with Gasteiger partial charge in [-0.3, -0.25) is 4.84 Å². The van der Waals surface area contributed by atoms with Crippen molar-refractivity contribution in [3.63, 3.8) is 0 Å². The number of rotatable bonds is 3. The van der Waals surface area contributed by atoms with Gasteiger partial charge in [0, 0.05) is 13.8 Å². The fourth-order valence-corrected chi connectivity index (χ4v) is 2.40. The Bertz CT molecular complexity index is 754. The summed E-state index contributed by atoms with van der Waals surface area (Å²) < 4.78 is 20.6. The Kier molecular flexibility index (Phi) is 7.21. The van der Waals surface area contributed by atoms with Crippen molar-refractivity contribution in [1.29, 1.82) is 0 Å².